The van der Waals surface area contributed by atoms with E-state index in [2.05, 4.69) is 17.3 Å². The van der Waals surface area contributed by atoms with Crippen molar-refractivity contribution < 1.29 is 4.39 Å². The molecule has 0 bridgehead atoms. The minimum Gasteiger partial charge on any atom is -0.310 e. The van der Waals surface area contributed by atoms with Gasteiger partial charge in [0.05, 0.1) is 0 Å². The summed E-state index contributed by atoms with van der Waals surface area (Å²) < 4.78 is 14.8. The average molecular weight is 261 g/mol. The number of aromatic nitrogens is 2. The largest absolute Gasteiger partial charge is 0.310 e. The number of hydrogen-bond donors (Lipinski definition) is 1. The molecule has 0 aliphatic heterocycles. The lowest BCUT2D eigenvalue weighted by Gasteiger charge is -2.17. The zero-order valence-electron chi connectivity index (χ0n) is 11.2. The van der Waals surface area contributed by atoms with Gasteiger partial charge in [0.15, 0.2) is 0 Å². The second kappa shape index (κ2) is 7.04. The van der Waals surface area contributed by atoms with E-state index in [1.54, 1.807) is 6.20 Å². The van der Waals surface area contributed by atoms with Gasteiger partial charge in [0.2, 0.25) is 0 Å². The molecule has 0 aliphatic rings. The van der Waals surface area contributed by atoms with Gasteiger partial charge in [-0.3, -0.25) is 4.68 Å². The van der Waals surface area contributed by atoms with Crippen molar-refractivity contribution in [3.05, 3.63) is 54.1 Å². The molecule has 0 aliphatic carbocycles. The third-order valence-corrected chi connectivity index (χ3v) is 3.19. The Kier molecular flexibility index (Phi) is 5.10. The van der Waals surface area contributed by atoms with Gasteiger partial charge in [0, 0.05) is 25.0 Å². The first-order valence-corrected chi connectivity index (χ1v) is 6.76. The Hall–Kier alpha value is -1.68. The van der Waals surface area contributed by atoms with E-state index in [0.29, 0.717) is 6.04 Å². The lowest BCUT2D eigenvalue weighted by atomic mass is 10.0. The molecule has 0 spiro atoms. The Morgan fingerprint density at radius 2 is 2.11 bits per heavy atom. The van der Waals surface area contributed by atoms with E-state index < -0.39 is 0 Å². The molecule has 4 heteroatoms. The van der Waals surface area contributed by atoms with Crippen LogP contribution in [0.15, 0.2) is 42.7 Å². The molecule has 0 saturated heterocycles. The van der Waals surface area contributed by atoms with E-state index in [4.69, 9.17) is 0 Å². The molecular formula is C15H20FN3. The summed E-state index contributed by atoms with van der Waals surface area (Å²) in [5.41, 5.74) is 1.14. The van der Waals surface area contributed by atoms with Crippen LogP contribution in [-0.4, -0.2) is 16.3 Å². The Morgan fingerprint density at radius 3 is 2.74 bits per heavy atom. The molecular weight excluding hydrogens is 241 g/mol. The van der Waals surface area contributed by atoms with Crippen molar-refractivity contribution in [2.75, 3.05) is 6.54 Å². The fraction of sp³-hybridized carbons (Fsp3) is 0.400. The van der Waals surface area contributed by atoms with Crippen LogP contribution in [0, 0.1) is 5.82 Å². The van der Waals surface area contributed by atoms with Gasteiger partial charge in [-0.1, -0.05) is 19.1 Å². The lowest BCUT2D eigenvalue weighted by molar-refractivity contribution is 0.479. The van der Waals surface area contributed by atoms with Crippen LogP contribution in [-0.2, 0) is 6.54 Å². The summed E-state index contributed by atoms with van der Waals surface area (Å²) in [6, 6.07) is 8.96. The molecule has 1 aromatic heterocycles. The van der Waals surface area contributed by atoms with Crippen molar-refractivity contribution in [1.29, 1.82) is 0 Å². The number of aryl methyl sites for hydroxylation is 1. The highest BCUT2D eigenvalue weighted by molar-refractivity contribution is 5.19. The van der Waals surface area contributed by atoms with E-state index in [0.717, 1.165) is 31.5 Å². The maximum atomic E-state index is 12.9. The van der Waals surface area contributed by atoms with Crippen LogP contribution in [0.25, 0.3) is 0 Å². The normalized spacial score (nSPS) is 12.5. The topological polar surface area (TPSA) is 29.9 Å². The minimum absolute atomic E-state index is 0.183. The maximum absolute atomic E-state index is 12.9. The third kappa shape index (κ3) is 4.17. The monoisotopic (exact) mass is 261 g/mol. The van der Waals surface area contributed by atoms with Crippen molar-refractivity contribution in [2.24, 2.45) is 0 Å². The predicted octanol–water partition coefficient (Wildman–Crippen LogP) is 3.15. The molecule has 2 rings (SSSR count). The number of halogens is 1. The lowest BCUT2D eigenvalue weighted by Crippen LogP contribution is -2.23. The fourth-order valence-electron chi connectivity index (χ4n) is 2.14. The average Bonchev–Trinajstić information content (AvgIpc) is 2.93. The van der Waals surface area contributed by atoms with Crippen molar-refractivity contribution in [3.8, 4) is 0 Å². The zero-order chi connectivity index (χ0) is 13.5. The van der Waals surface area contributed by atoms with Crippen LogP contribution in [0.1, 0.15) is 31.4 Å². The van der Waals surface area contributed by atoms with Gasteiger partial charge in [-0.15, -0.1) is 0 Å². The molecule has 1 aromatic carbocycles. The highest BCUT2D eigenvalue weighted by Crippen LogP contribution is 2.16. The first-order valence-electron chi connectivity index (χ1n) is 6.76. The van der Waals surface area contributed by atoms with Crippen LogP contribution >= 0.6 is 0 Å². The summed E-state index contributed by atoms with van der Waals surface area (Å²) in [7, 11) is 0. The first-order chi connectivity index (χ1) is 9.29. The quantitative estimate of drug-likeness (QED) is 0.776. The van der Waals surface area contributed by atoms with Crippen LogP contribution in [0.5, 0.6) is 0 Å². The number of hydrogen-bond acceptors (Lipinski definition) is 2. The van der Waals surface area contributed by atoms with Gasteiger partial charge in [0.25, 0.3) is 0 Å². The number of benzene rings is 1. The molecule has 19 heavy (non-hydrogen) atoms. The second-order valence-electron chi connectivity index (χ2n) is 4.59. The van der Waals surface area contributed by atoms with Crippen LogP contribution in [0.4, 0.5) is 4.39 Å². The smallest absolute Gasteiger partial charge is 0.123 e. The molecule has 3 nitrogen and oxygen atoms in total. The molecule has 0 saturated carbocycles. The fourth-order valence-corrected chi connectivity index (χ4v) is 2.14. The maximum Gasteiger partial charge on any atom is 0.123 e. The molecule has 0 radical (unpaired) electrons. The number of rotatable bonds is 7. The Balaban J connectivity index is 1.77. The summed E-state index contributed by atoms with van der Waals surface area (Å²) in [6.45, 7) is 3.98. The minimum atomic E-state index is -0.183. The summed E-state index contributed by atoms with van der Waals surface area (Å²) >= 11 is 0. The first kappa shape index (κ1) is 13.7. The van der Waals surface area contributed by atoms with E-state index >= 15 is 0 Å². The highest BCUT2D eigenvalue weighted by atomic mass is 19.1. The summed E-state index contributed by atoms with van der Waals surface area (Å²) in [5.74, 6) is -0.183. The standard InChI is InChI=1S/C15H20FN3/c1-2-15(13-5-7-14(16)8-6-13)17-9-3-11-19-12-4-10-18-19/h4-8,10,12,15,17H,2-3,9,11H2,1H3. The van der Waals surface area contributed by atoms with Crippen molar-refractivity contribution in [3.63, 3.8) is 0 Å². The molecule has 0 fully saturated rings. The summed E-state index contributed by atoms with van der Waals surface area (Å²) in [5, 5.41) is 7.67. The van der Waals surface area contributed by atoms with Crippen LogP contribution in [0.3, 0.4) is 0 Å². The molecule has 1 heterocycles. The zero-order valence-corrected chi connectivity index (χ0v) is 11.2. The molecule has 0 amide bonds. The van der Waals surface area contributed by atoms with Crippen LogP contribution in [0.2, 0.25) is 0 Å². The van der Waals surface area contributed by atoms with Crippen molar-refractivity contribution >= 4 is 0 Å². The van der Waals surface area contributed by atoms with Gasteiger partial charge < -0.3 is 5.32 Å². The van der Waals surface area contributed by atoms with E-state index in [-0.39, 0.29) is 5.82 Å². The van der Waals surface area contributed by atoms with E-state index in [9.17, 15) is 4.39 Å². The Morgan fingerprint density at radius 1 is 1.32 bits per heavy atom. The molecule has 1 atom stereocenters. The van der Waals surface area contributed by atoms with Gasteiger partial charge >= 0.3 is 0 Å². The molecule has 1 unspecified atom stereocenters. The SMILES string of the molecule is CCC(NCCCn1cccn1)c1ccc(F)cc1. The van der Waals surface area contributed by atoms with Crippen molar-refractivity contribution in [2.45, 2.75) is 32.4 Å². The highest BCUT2D eigenvalue weighted by Gasteiger charge is 2.07. The van der Waals surface area contributed by atoms with E-state index in [1.165, 1.54) is 12.1 Å². The number of nitrogens with one attached hydrogen (secondary N) is 1. The summed E-state index contributed by atoms with van der Waals surface area (Å²) in [6.07, 6.45) is 5.78. The van der Waals surface area contributed by atoms with Gasteiger partial charge in [-0.25, -0.2) is 4.39 Å². The second-order valence-corrected chi connectivity index (χ2v) is 4.59. The van der Waals surface area contributed by atoms with Gasteiger partial charge in [0.1, 0.15) is 5.82 Å². The van der Waals surface area contributed by atoms with Gasteiger partial charge in [-0.2, -0.15) is 5.10 Å². The van der Waals surface area contributed by atoms with Crippen LogP contribution < -0.4 is 5.32 Å². The molecule has 1 N–H and O–H groups in total. The third-order valence-electron chi connectivity index (χ3n) is 3.19. The van der Waals surface area contributed by atoms with E-state index in [1.807, 2.05) is 29.1 Å². The Bertz CT molecular complexity index is 465. The van der Waals surface area contributed by atoms with Gasteiger partial charge in [-0.05, 0) is 43.1 Å². The number of nitrogens with zero attached hydrogens (tertiary/aromatic N) is 2. The Labute approximate surface area is 113 Å². The summed E-state index contributed by atoms with van der Waals surface area (Å²) in [4.78, 5) is 0. The van der Waals surface area contributed by atoms with Crippen molar-refractivity contribution in [1.82, 2.24) is 15.1 Å². The molecule has 2 aromatic rings. The molecule has 102 valence electrons. The predicted molar refractivity (Wildman–Crippen MR) is 74.3 cm³/mol.